The number of rotatable bonds is 4. The van der Waals surface area contributed by atoms with E-state index in [0.29, 0.717) is 5.57 Å². The van der Waals surface area contributed by atoms with E-state index in [9.17, 15) is 9.59 Å². The largest absolute Gasteiger partial charge is 0.497 e. The minimum Gasteiger partial charge on any atom is -0.497 e. The van der Waals surface area contributed by atoms with Gasteiger partial charge in [0.05, 0.1) is 7.11 Å². The van der Waals surface area contributed by atoms with Crippen molar-refractivity contribution in [1.82, 2.24) is 0 Å². The van der Waals surface area contributed by atoms with Gasteiger partial charge in [0.25, 0.3) is 0 Å². The number of carbonyl (C=O) groups excluding carboxylic acids is 2. The van der Waals surface area contributed by atoms with Crippen LogP contribution in [0.25, 0.3) is 0 Å². The van der Waals surface area contributed by atoms with Crippen molar-refractivity contribution in [3.63, 3.8) is 0 Å². The standard InChI is InChI=1S/C15H16O3/c1-18-14-7-5-11(6-8-14)15-12(9-16)3-2-4-13(15)10-17/h3,5-10,13,15H,2,4H2,1H3/t13-,15+/m0/s1. The zero-order valence-electron chi connectivity index (χ0n) is 10.3. The average molecular weight is 244 g/mol. The number of hydrogen-bond acceptors (Lipinski definition) is 3. The highest BCUT2D eigenvalue weighted by molar-refractivity contribution is 5.78. The van der Waals surface area contributed by atoms with Crippen molar-refractivity contribution in [2.75, 3.05) is 7.11 Å². The molecule has 0 fully saturated rings. The maximum Gasteiger partial charge on any atom is 0.146 e. The summed E-state index contributed by atoms with van der Waals surface area (Å²) >= 11 is 0. The summed E-state index contributed by atoms with van der Waals surface area (Å²) in [4.78, 5) is 22.3. The summed E-state index contributed by atoms with van der Waals surface area (Å²) in [5, 5.41) is 0. The summed E-state index contributed by atoms with van der Waals surface area (Å²) < 4.78 is 5.11. The Hall–Kier alpha value is -1.90. The predicted molar refractivity (Wildman–Crippen MR) is 68.7 cm³/mol. The minimum atomic E-state index is -0.111. The van der Waals surface area contributed by atoms with Gasteiger partial charge in [-0.1, -0.05) is 18.2 Å². The molecule has 0 N–H and O–H groups in total. The van der Waals surface area contributed by atoms with Gasteiger partial charge in [0, 0.05) is 11.8 Å². The monoisotopic (exact) mass is 244 g/mol. The van der Waals surface area contributed by atoms with Crippen LogP contribution in [-0.2, 0) is 9.59 Å². The smallest absolute Gasteiger partial charge is 0.146 e. The van der Waals surface area contributed by atoms with E-state index in [2.05, 4.69) is 0 Å². The van der Waals surface area contributed by atoms with Gasteiger partial charge < -0.3 is 9.53 Å². The van der Waals surface area contributed by atoms with Crippen LogP contribution in [0, 0.1) is 5.92 Å². The molecule has 94 valence electrons. The normalized spacial score (nSPS) is 23.1. The van der Waals surface area contributed by atoms with Crippen molar-refractivity contribution < 1.29 is 14.3 Å². The van der Waals surface area contributed by atoms with E-state index in [4.69, 9.17) is 4.74 Å². The fraction of sp³-hybridized carbons (Fsp3) is 0.333. The molecule has 0 aliphatic heterocycles. The lowest BCUT2D eigenvalue weighted by Gasteiger charge is -2.27. The highest BCUT2D eigenvalue weighted by Gasteiger charge is 2.28. The van der Waals surface area contributed by atoms with Gasteiger partial charge in [0.1, 0.15) is 18.3 Å². The molecule has 0 unspecified atom stereocenters. The Kier molecular flexibility index (Phi) is 3.92. The Balaban J connectivity index is 2.36. The molecule has 3 heteroatoms. The van der Waals surface area contributed by atoms with Gasteiger partial charge in [0.2, 0.25) is 0 Å². The molecule has 18 heavy (non-hydrogen) atoms. The van der Waals surface area contributed by atoms with Crippen LogP contribution in [0.1, 0.15) is 24.3 Å². The van der Waals surface area contributed by atoms with Crippen LogP contribution in [-0.4, -0.2) is 19.7 Å². The van der Waals surface area contributed by atoms with Crippen LogP contribution < -0.4 is 4.74 Å². The minimum absolute atomic E-state index is 0.108. The molecule has 0 amide bonds. The molecule has 0 aromatic heterocycles. The first kappa shape index (κ1) is 12.6. The van der Waals surface area contributed by atoms with Gasteiger partial charge in [-0.2, -0.15) is 0 Å². The third-order valence-electron chi connectivity index (χ3n) is 3.45. The van der Waals surface area contributed by atoms with Gasteiger partial charge >= 0.3 is 0 Å². The van der Waals surface area contributed by atoms with E-state index in [1.54, 1.807) is 7.11 Å². The quantitative estimate of drug-likeness (QED) is 0.764. The average Bonchev–Trinajstić information content (AvgIpc) is 2.46. The second kappa shape index (κ2) is 5.63. The molecule has 0 radical (unpaired) electrons. The molecular weight excluding hydrogens is 228 g/mol. The molecule has 1 aromatic rings. The van der Waals surface area contributed by atoms with Crippen molar-refractivity contribution in [2.45, 2.75) is 18.8 Å². The maximum atomic E-state index is 11.2. The van der Waals surface area contributed by atoms with E-state index in [1.165, 1.54) is 0 Å². The van der Waals surface area contributed by atoms with Crippen molar-refractivity contribution >= 4 is 12.6 Å². The van der Waals surface area contributed by atoms with Gasteiger partial charge in [0.15, 0.2) is 0 Å². The van der Waals surface area contributed by atoms with Crippen LogP contribution in [0.4, 0.5) is 0 Å². The Morgan fingerprint density at radius 2 is 1.94 bits per heavy atom. The van der Waals surface area contributed by atoms with Crippen molar-refractivity contribution in [2.24, 2.45) is 5.92 Å². The number of allylic oxidation sites excluding steroid dienone is 2. The lowest BCUT2D eigenvalue weighted by molar-refractivity contribution is -0.112. The number of carbonyl (C=O) groups is 2. The highest BCUT2D eigenvalue weighted by atomic mass is 16.5. The second-order valence-electron chi connectivity index (χ2n) is 4.45. The Morgan fingerprint density at radius 3 is 2.50 bits per heavy atom. The summed E-state index contributed by atoms with van der Waals surface area (Å²) in [6.45, 7) is 0. The third kappa shape index (κ3) is 2.35. The van der Waals surface area contributed by atoms with Crippen molar-refractivity contribution in [3.05, 3.63) is 41.5 Å². The number of benzene rings is 1. The second-order valence-corrected chi connectivity index (χ2v) is 4.45. The third-order valence-corrected chi connectivity index (χ3v) is 3.45. The van der Waals surface area contributed by atoms with Crippen LogP contribution in [0.5, 0.6) is 5.75 Å². The van der Waals surface area contributed by atoms with Crippen LogP contribution in [0.3, 0.4) is 0 Å². The molecule has 0 saturated heterocycles. The zero-order valence-corrected chi connectivity index (χ0v) is 10.3. The Bertz CT molecular complexity index is 459. The molecule has 1 aliphatic carbocycles. The molecule has 2 atom stereocenters. The fourth-order valence-corrected chi connectivity index (χ4v) is 2.50. The topological polar surface area (TPSA) is 43.4 Å². The summed E-state index contributed by atoms with van der Waals surface area (Å²) in [5.74, 6) is 0.553. The highest BCUT2D eigenvalue weighted by Crippen LogP contribution is 2.37. The SMILES string of the molecule is COc1ccc([C@@H]2C(C=O)=CCC[C@H]2C=O)cc1. The predicted octanol–water partition coefficient (Wildman–Crippen LogP) is 2.51. The molecule has 3 nitrogen and oxygen atoms in total. The van der Waals surface area contributed by atoms with E-state index in [1.807, 2.05) is 30.3 Å². The number of methoxy groups -OCH3 is 1. The van der Waals surface area contributed by atoms with E-state index >= 15 is 0 Å². The zero-order chi connectivity index (χ0) is 13.0. The first-order valence-electron chi connectivity index (χ1n) is 6.04. The number of hydrogen-bond donors (Lipinski definition) is 0. The van der Waals surface area contributed by atoms with Crippen molar-refractivity contribution in [1.29, 1.82) is 0 Å². The molecule has 0 heterocycles. The first-order chi connectivity index (χ1) is 8.80. The number of ether oxygens (including phenoxy) is 1. The molecular formula is C15H16O3. The summed E-state index contributed by atoms with van der Waals surface area (Å²) in [5.41, 5.74) is 1.70. The van der Waals surface area contributed by atoms with Gasteiger partial charge in [-0.15, -0.1) is 0 Å². The van der Waals surface area contributed by atoms with Crippen LogP contribution in [0.2, 0.25) is 0 Å². The van der Waals surface area contributed by atoms with Gasteiger partial charge in [-0.05, 0) is 36.1 Å². The molecule has 0 spiro atoms. The molecule has 2 rings (SSSR count). The Morgan fingerprint density at radius 1 is 1.22 bits per heavy atom. The molecule has 1 aliphatic rings. The van der Waals surface area contributed by atoms with Gasteiger partial charge in [-0.25, -0.2) is 0 Å². The van der Waals surface area contributed by atoms with E-state index in [-0.39, 0.29) is 11.8 Å². The molecule has 1 aromatic carbocycles. The van der Waals surface area contributed by atoms with Crippen molar-refractivity contribution in [3.8, 4) is 5.75 Å². The van der Waals surface area contributed by atoms with E-state index < -0.39 is 0 Å². The number of aldehydes is 2. The summed E-state index contributed by atoms with van der Waals surface area (Å²) in [6, 6.07) is 7.55. The lowest BCUT2D eigenvalue weighted by Crippen LogP contribution is -2.20. The fourth-order valence-electron chi connectivity index (χ4n) is 2.50. The van der Waals surface area contributed by atoms with E-state index in [0.717, 1.165) is 36.7 Å². The van der Waals surface area contributed by atoms with Gasteiger partial charge in [-0.3, -0.25) is 4.79 Å². The van der Waals surface area contributed by atoms with Crippen LogP contribution in [0.15, 0.2) is 35.9 Å². The summed E-state index contributed by atoms with van der Waals surface area (Å²) in [7, 11) is 1.61. The Labute approximate surface area is 106 Å². The lowest BCUT2D eigenvalue weighted by atomic mass is 9.75. The van der Waals surface area contributed by atoms with Crippen LogP contribution >= 0.6 is 0 Å². The first-order valence-corrected chi connectivity index (χ1v) is 6.04. The molecule has 0 bridgehead atoms. The summed E-state index contributed by atoms with van der Waals surface area (Å²) in [6.07, 6.45) is 5.36. The molecule has 0 saturated carbocycles. The maximum absolute atomic E-state index is 11.2.